The van der Waals surface area contributed by atoms with Crippen molar-refractivity contribution >= 4 is 11.8 Å². The standard InChI is InChI=1S/C9H19NS/c1-9(2,3)10-6-8-4-5-11-7-8/h8,10H,4-7H2,1-3H3. The van der Waals surface area contributed by atoms with Crippen molar-refractivity contribution in [1.29, 1.82) is 0 Å². The molecule has 0 spiro atoms. The number of thioether (sulfide) groups is 1. The lowest BCUT2D eigenvalue weighted by Gasteiger charge is -2.22. The topological polar surface area (TPSA) is 12.0 Å². The monoisotopic (exact) mass is 173 g/mol. The molecule has 0 amide bonds. The van der Waals surface area contributed by atoms with E-state index in [0.717, 1.165) is 5.92 Å². The molecule has 1 unspecified atom stereocenters. The molecule has 1 rings (SSSR count). The van der Waals surface area contributed by atoms with Gasteiger partial charge in [-0.05, 0) is 51.2 Å². The predicted molar refractivity (Wildman–Crippen MR) is 53.2 cm³/mol. The van der Waals surface area contributed by atoms with Gasteiger partial charge >= 0.3 is 0 Å². The smallest absolute Gasteiger partial charge is 0.00966 e. The van der Waals surface area contributed by atoms with Crippen LogP contribution in [0.3, 0.4) is 0 Å². The molecule has 1 nitrogen and oxygen atoms in total. The van der Waals surface area contributed by atoms with Crippen LogP contribution in [-0.2, 0) is 0 Å². The van der Waals surface area contributed by atoms with Crippen LogP contribution in [-0.4, -0.2) is 23.6 Å². The first-order valence-corrected chi connectivity index (χ1v) is 5.56. The zero-order valence-electron chi connectivity index (χ0n) is 7.81. The van der Waals surface area contributed by atoms with Gasteiger partial charge in [0.15, 0.2) is 0 Å². The minimum Gasteiger partial charge on any atom is -0.312 e. The molecule has 0 aliphatic carbocycles. The van der Waals surface area contributed by atoms with Gasteiger partial charge in [0, 0.05) is 5.54 Å². The van der Waals surface area contributed by atoms with Crippen molar-refractivity contribution in [1.82, 2.24) is 5.32 Å². The average Bonchev–Trinajstić information content (AvgIpc) is 2.32. The van der Waals surface area contributed by atoms with E-state index < -0.39 is 0 Å². The third kappa shape index (κ3) is 4.02. The van der Waals surface area contributed by atoms with Crippen molar-refractivity contribution in [2.45, 2.75) is 32.7 Å². The van der Waals surface area contributed by atoms with Crippen LogP contribution in [0.4, 0.5) is 0 Å². The van der Waals surface area contributed by atoms with Gasteiger partial charge in [0.05, 0.1) is 0 Å². The maximum atomic E-state index is 3.55. The van der Waals surface area contributed by atoms with Crippen molar-refractivity contribution in [3.63, 3.8) is 0 Å². The summed E-state index contributed by atoms with van der Waals surface area (Å²) in [6.45, 7) is 7.90. The van der Waals surface area contributed by atoms with Crippen LogP contribution in [0.25, 0.3) is 0 Å². The van der Waals surface area contributed by atoms with Crippen LogP contribution in [0.1, 0.15) is 27.2 Å². The van der Waals surface area contributed by atoms with Gasteiger partial charge in [-0.3, -0.25) is 0 Å². The van der Waals surface area contributed by atoms with Crippen LogP contribution in [0.2, 0.25) is 0 Å². The van der Waals surface area contributed by atoms with Crippen molar-refractivity contribution in [3.8, 4) is 0 Å². The summed E-state index contributed by atoms with van der Waals surface area (Å²) in [7, 11) is 0. The van der Waals surface area contributed by atoms with E-state index in [1.54, 1.807) is 0 Å². The Morgan fingerprint density at radius 1 is 1.45 bits per heavy atom. The maximum absolute atomic E-state index is 3.55. The molecule has 1 fully saturated rings. The lowest BCUT2D eigenvalue weighted by Crippen LogP contribution is -2.39. The molecule has 66 valence electrons. The molecule has 0 bridgehead atoms. The van der Waals surface area contributed by atoms with Crippen LogP contribution in [0, 0.1) is 5.92 Å². The molecule has 1 atom stereocenters. The van der Waals surface area contributed by atoms with Crippen molar-refractivity contribution in [3.05, 3.63) is 0 Å². The van der Waals surface area contributed by atoms with E-state index >= 15 is 0 Å². The summed E-state index contributed by atoms with van der Waals surface area (Å²) in [4.78, 5) is 0. The van der Waals surface area contributed by atoms with E-state index in [2.05, 4.69) is 37.8 Å². The molecule has 0 aromatic rings. The first-order chi connectivity index (χ1) is 5.08. The maximum Gasteiger partial charge on any atom is 0.00966 e. The fourth-order valence-corrected chi connectivity index (χ4v) is 2.48. The van der Waals surface area contributed by atoms with Gasteiger partial charge in [-0.2, -0.15) is 11.8 Å². The Labute approximate surface area is 74.3 Å². The highest BCUT2D eigenvalue weighted by molar-refractivity contribution is 7.99. The third-order valence-electron chi connectivity index (χ3n) is 1.95. The van der Waals surface area contributed by atoms with Crippen LogP contribution >= 0.6 is 11.8 Å². The highest BCUT2D eigenvalue weighted by Crippen LogP contribution is 2.22. The summed E-state index contributed by atoms with van der Waals surface area (Å²) in [5.41, 5.74) is 0.299. The molecule has 1 aliphatic rings. The molecule has 1 saturated heterocycles. The van der Waals surface area contributed by atoms with Crippen molar-refractivity contribution in [2.75, 3.05) is 18.1 Å². The number of rotatable bonds is 2. The Kier molecular flexibility index (Phi) is 3.26. The predicted octanol–water partition coefficient (Wildman–Crippen LogP) is 2.13. The summed E-state index contributed by atoms with van der Waals surface area (Å²) < 4.78 is 0. The molecular weight excluding hydrogens is 154 g/mol. The van der Waals surface area contributed by atoms with E-state index in [1.807, 2.05) is 0 Å². The SMILES string of the molecule is CC(C)(C)NCC1CCSC1. The molecule has 0 radical (unpaired) electrons. The first-order valence-electron chi connectivity index (χ1n) is 4.41. The van der Waals surface area contributed by atoms with Crippen molar-refractivity contribution in [2.24, 2.45) is 5.92 Å². The molecule has 1 N–H and O–H groups in total. The number of hydrogen-bond donors (Lipinski definition) is 1. The zero-order chi connectivity index (χ0) is 8.32. The normalized spacial score (nSPS) is 25.9. The van der Waals surface area contributed by atoms with Gasteiger partial charge in [-0.1, -0.05) is 0 Å². The van der Waals surface area contributed by atoms with Gasteiger partial charge in [0.25, 0.3) is 0 Å². The van der Waals surface area contributed by atoms with E-state index in [0.29, 0.717) is 5.54 Å². The molecule has 0 aromatic heterocycles. The lowest BCUT2D eigenvalue weighted by atomic mass is 10.1. The Bertz CT molecular complexity index is 111. The molecule has 0 saturated carbocycles. The Morgan fingerprint density at radius 3 is 2.64 bits per heavy atom. The third-order valence-corrected chi connectivity index (χ3v) is 3.18. The van der Waals surface area contributed by atoms with Gasteiger partial charge < -0.3 is 5.32 Å². The summed E-state index contributed by atoms with van der Waals surface area (Å²) >= 11 is 2.09. The highest BCUT2D eigenvalue weighted by atomic mass is 32.2. The molecule has 0 aromatic carbocycles. The Morgan fingerprint density at radius 2 is 2.18 bits per heavy atom. The fraction of sp³-hybridized carbons (Fsp3) is 1.00. The van der Waals surface area contributed by atoms with E-state index in [4.69, 9.17) is 0 Å². The lowest BCUT2D eigenvalue weighted by molar-refractivity contribution is 0.386. The van der Waals surface area contributed by atoms with Crippen LogP contribution in [0.5, 0.6) is 0 Å². The second-order valence-electron chi connectivity index (χ2n) is 4.36. The summed E-state index contributed by atoms with van der Waals surface area (Å²) in [5, 5.41) is 3.55. The molecule has 1 aliphatic heterocycles. The van der Waals surface area contributed by atoms with Gasteiger partial charge in [-0.15, -0.1) is 0 Å². The number of nitrogens with one attached hydrogen (secondary N) is 1. The largest absolute Gasteiger partial charge is 0.312 e. The average molecular weight is 173 g/mol. The van der Waals surface area contributed by atoms with E-state index in [-0.39, 0.29) is 0 Å². The highest BCUT2D eigenvalue weighted by Gasteiger charge is 2.17. The van der Waals surface area contributed by atoms with E-state index in [1.165, 1.54) is 24.5 Å². The second kappa shape index (κ2) is 3.81. The number of hydrogen-bond acceptors (Lipinski definition) is 2. The zero-order valence-corrected chi connectivity index (χ0v) is 8.63. The molecular formula is C9H19NS. The van der Waals surface area contributed by atoms with Gasteiger partial charge in [0.1, 0.15) is 0 Å². The van der Waals surface area contributed by atoms with Gasteiger partial charge in [0.2, 0.25) is 0 Å². The molecule has 2 heteroatoms. The van der Waals surface area contributed by atoms with Crippen LogP contribution < -0.4 is 5.32 Å². The molecule has 11 heavy (non-hydrogen) atoms. The minimum absolute atomic E-state index is 0.299. The van der Waals surface area contributed by atoms with Gasteiger partial charge in [-0.25, -0.2) is 0 Å². The van der Waals surface area contributed by atoms with Crippen LogP contribution in [0.15, 0.2) is 0 Å². The first kappa shape index (κ1) is 9.40. The van der Waals surface area contributed by atoms with Crippen molar-refractivity contribution < 1.29 is 0 Å². The Hall–Kier alpha value is 0.310. The van der Waals surface area contributed by atoms with E-state index in [9.17, 15) is 0 Å². The second-order valence-corrected chi connectivity index (χ2v) is 5.51. The fourth-order valence-electron chi connectivity index (χ4n) is 1.19. The summed E-state index contributed by atoms with van der Waals surface area (Å²) in [5.74, 6) is 3.67. The molecule has 1 heterocycles. The summed E-state index contributed by atoms with van der Waals surface area (Å²) in [6, 6.07) is 0. The quantitative estimate of drug-likeness (QED) is 0.686. The Balaban J connectivity index is 2.11. The summed E-state index contributed by atoms with van der Waals surface area (Å²) in [6.07, 6.45) is 1.41. The minimum atomic E-state index is 0.299.